The molecule has 0 aromatic heterocycles. The summed E-state index contributed by atoms with van der Waals surface area (Å²) >= 11 is 0. The highest BCUT2D eigenvalue weighted by molar-refractivity contribution is 5.91. The number of β-amino-alcohol motifs (C(OH)–C–C–N with tert-alkyl or cyclic N) is 1. The number of carbonyl (C=O) groups excluding carboxylic acids is 1. The van der Waals surface area contributed by atoms with Crippen LogP contribution in [-0.2, 0) is 10.2 Å². The summed E-state index contributed by atoms with van der Waals surface area (Å²) in [7, 11) is 0. The summed E-state index contributed by atoms with van der Waals surface area (Å²) in [5, 5.41) is 23.6. The number of nitriles is 1. The number of aliphatic hydroxyl groups is 1. The molecule has 5 rings (SSSR count). The van der Waals surface area contributed by atoms with Crippen LogP contribution in [-0.4, -0.2) is 66.2 Å². The maximum atomic E-state index is 13.3. The van der Waals surface area contributed by atoms with Gasteiger partial charge in [-0.05, 0) is 86.2 Å². The van der Waals surface area contributed by atoms with Crippen LogP contribution in [0.25, 0.3) is 6.08 Å². The molecule has 37 heavy (non-hydrogen) atoms. The highest BCUT2D eigenvalue weighted by Crippen LogP contribution is 2.44. The standard InChI is InChI=1S/C29H32F2N4O2/c30-23-13-20(14-24(31)16-23)2-4-28(37)35-9-5-22(6-10-35)27(36)18-34-11-7-29(8-12-34)19-33-26-15-21(17-32)1-3-25(26)29/h1-4,13-16,22,27,33,36H,5-12,18-19H2/b4-2+/t27-/m1/s1. The summed E-state index contributed by atoms with van der Waals surface area (Å²) in [6, 6.07) is 11.3. The number of hydrogen-bond donors (Lipinski definition) is 2. The Balaban J connectivity index is 1.08. The Morgan fingerprint density at radius 1 is 1.14 bits per heavy atom. The Bertz CT molecular complexity index is 1200. The minimum atomic E-state index is -0.676. The number of piperidine rings is 2. The number of anilines is 1. The van der Waals surface area contributed by atoms with Crippen molar-refractivity contribution in [2.45, 2.75) is 37.2 Å². The minimum absolute atomic E-state index is 0.0985. The maximum Gasteiger partial charge on any atom is 0.246 e. The van der Waals surface area contributed by atoms with Crippen LogP contribution in [0.3, 0.4) is 0 Å². The van der Waals surface area contributed by atoms with Crippen LogP contribution in [0.4, 0.5) is 14.5 Å². The van der Waals surface area contributed by atoms with Crippen molar-refractivity contribution in [1.29, 1.82) is 5.26 Å². The number of fused-ring (bicyclic) bond motifs is 2. The quantitative estimate of drug-likeness (QED) is 0.602. The molecule has 2 saturated heterocycles. The number of rotatable bonds is 5. The Hall–Kier alpha value is -3.28. The first-order valence-electron chi connectivity index (χ1n) is 13.0. The molecule has 6 nitrogen and oxygen atoms in total. The van der Waals surface area contributed by atoms with Gasteiger partial charge in [-0.15, -0.1) is 0 Å². The van der Waals surface area contributed by atoms with E-state index in [0.29, 0.717) is 30.8 Å². The molecule has 2 fully saturated rings. The SMILES string of the molecule is N#Cc1ccc2c(c1)NCC21CCN(C[C@@H](O)C2CCN(C(=O)/C=C/c3cc(F)cc(F)c3)CC2)CC1. The topological polar surface area (TPSA) is 79.6 Å². The van der Waals surface area contributed by atoms with Gasteiger partial charge in [0.15, 0.2) is 0 Å². The third kappa shape index (κ3) is 5.53. The van der Waals surface area contributed by atoms with Gasteiger partial charge in [0, 0.05) is 49.4 Å². The molecular weight excluding hydrogens is 474 g/mol. The fourth-order valence-corrected chi connectivity index (χ4v) is 6.05. The largest absolute Gasteiger partial charge is 0.392 e. The van der Waals surface area contributed by atoms with E-state index < -0.39 is 17.7 Å². The molecule has 1 spiro atoms. The van der Waals surface area contributed by atoms with E-state index in [1.54, 1.807) is 4.90 Å². The molecule has 0 radical (unpaired) electrons. The summed E-state index contributed by atoms with van der Waals surface area (Å²) in [6.45, 7) is 4.47. The second-order valence-corrected chi connectivity index (χ2v) is 10.6. The van der Waals surface area contributed by atoms with Crippen molar-refractivity contribution in [3.8, 4) is 6.07 Å². The van der Waals surface area contributed by atoms with Crippen molar-refractivity contribution in [1.82, 2.24) is 9.80 Å². The highest BCUT2D eigenvalue weighted by atomic mass is 19.1. The third-order valence-corrected chi connectivity index (χ3v) is 8.29. The molecule has 3 aliphatic heterocycles. The lowest BCUT2D eigenvalue weighted by molar-refractivity contribution is -0.128. The second-order valence-electron chi connectivity index (χ2n) is 10.6. The second kappa shape index (κ2) is 10.6. The third-order valence-electron chi connectivity index (χ3n) is 8.29. The molecule has 194 valence electrons. The number of hydrogen-bond acceptors (Lipinski definition) is 5. The molecule has 0 aliphatic carbocycles. The first-order chi connectivity index (χ1) is 17.8. The molecule has 2 N–H and O–H groups in total. The van der Waals surface area contributed by atoms with Crippen molar-refractivity contribution in [3.05, 3.63) is 70.8 Å². The van der Waals surface area contributed by atoms with Crippen molar-refractivity contribution < 1.29 is 18.7 Å². The van der Waals surface area contributed by atoms with E-state index >= 15 is 0 Å². The fourth-order valence-electron chi connectivity index (χ4n) is 6.05. The van der Waals surface area contributed by atoms with Gasteiger partial charge in [-0.2, -0.15) is 5.26 Å². The van der Waals surface area contributed by atoms with Crippen LogP contribution in [0.5, 0.6) is 0 Å². The van der Waals surface area contributed by atoms with Crippen molar-refractivity contribution in [2.75, 3.05) is 44.6 Å². The van der Waals surface area contributed by atoms with Gasteiger partial charge in [-0.1, -0.05) is 6.07 Å². The van der Waals surface area contributed by atoms with E-state index in [2.05, 4.69) is 22.4 Å². The van der Waals surface area contributed by atoms with E-state index in [-0.39, 0.29) is 17.2 Å². The number of likely N-dealkylation sites (tertiary alicyclic amines) is 2. The Morgan fingerprint density at radius 3 is 2.51 bits per heavy atom. The normalized spacial score (nSPS) is 20.5. The van der Waals surface area contributed by atoms with Crippen LogP contribution < -0.4 is 5.32 Å². The summed E-state index contributed by atoms with van der Waals surface area (Å²) in [5.74, 6) is -1.40. The van der Waals surface area contributed by atoms with Gasteiger partial charge in [-0.3, -0.25) is 4.79 Å². The first-order valence-corrected chi connectivity index (χ1v) is 13.0. The van der Waals surface area contributed by atoms with Crippen molar-refractivity contribution >= 4 is 17.7 Å². The van der Waals surface area contributed by atoms with Gasteiger partial charge in [0.1, 0.15) is 11.6 Å². The lowest BCUT2D eigenvalue weighted by atomic mass is 9.74. The number of nitrogens with zero attached hydrogens (tertiary/aromatic N) is 3. The number of benzene rings is 2. The minimum Gasteiger partial charge on any atom is -0.392 e. The van der Waals surface area contributed by atoms with Gasteiger partial charge in [-0.25, -0.2) is 8.78 Å². The summed E-state index contributed by atoms with van der Waals surface area (Å²) < 4.78 is 26.7. The van der Waals surface area contributed by atoms with E-state index in [9.17, 15) is 18.7 Å². The molecule has 2 aromatic rings. The average Bonchev–Trinajstić information content (AvgIpc) is 3.25. The summed E-state index contributed by atoms with van der Waals surface area (Å²) in [6.07, 6.45) is 5.83. The first kappa shape index (κ1) is 25.4. The number of nitrogens with one attached hydrogen (secondary N) is 1. The summed E-state index contributed by atoms with van der Waals surface area (Å²) in [4.78, 5) is 16.6. The molecule has 0 saturated carbocycles. The number of amides is 1. The molecule has 8 heteroatoms. The molecule has 2 aromatic carbocycles. The Morgan fingerprint density at radius 2 is 1.84 bits per heavy atom. The smallest absolute Gasteiger partial charge is 0.246 e. The van der Waals surface area contributed by atoms with Crippen LogP contribution in [0.15, 0.2) is 42.5 Å². The van der Waals surface area contributed by atoms with Gasteiger partial charge in [0.2, 0.25) is 5.91 Å². The lowest BCUT2D eigenvalue weighted by Crippen LogP contribution is -2.48. The van der Waals surface area contributed by atoms with Crippen molar-refractivity contribution in [3.63, 3.8) is 0 Å². The molecule has 0 unspecified atom stereocenters. The average molecular weight is 507 g/mol. The van der Waals surface area contributed by atoms with E-state index in [1.807, 2.05) is 12.1 Å². The highest BCUT2D eigenvalue weighted by Gasteiger charge is 2.42. The van der Waals surface area contributed by atoms with Crippen molar-refractivity contribution in [2.24, 2.45) is 5.92 Å². The monoisotopic (exact) mass is 506 g/mol. The molecule has 1 amide bonds. The molecule has 1 atom stereocenters. The Kier molecular flexibility index (Phi) is 7.27. The predicted octanol–water partition coefficient (Wildman–Crippen LogP) is 3.91. The van der Waals surface area contributed by atoms with Gasteiger partial charge in [0.05, 0.1) is 17.7 Å². The predicted molar refractivity (Wildman–Crippen MR) is 138 cm³/mol. The Labute approximate surface area is 216 Å². The zero-order chi connectivity index (χ0) is 26.0. The number of carbonyl (C=O) groups is 1. The van der Waals surface area contributed by atoms with Crippen LogP contribution in [0.1, 0.15) is 42.4 Å². The molecule has 0 bridgehead atoms. The van der Waals surface area contributed by atoms with Crippen LogP contribution in [0, 0.1) is 28.9 Å². The van der Waals surface area contributed by atoms with Crippen LogP contribution >= 0.6 is 0 Å². The number of halogens is 2. The molecule has 3 aliphatic rings. The lowest BCUT2D eigenvalue weighted by Gasteiger charge is -2.41. The fraction of sp³-hybridized carbons (Fsp3) is 0.448. The zero-order valence-electron chi connectivity index (χ0n) is 20.8. The summed E-state index contributed by atoms with van der Waals surface area (Å²) in [5.41, 5.74) is 3.46. The van der Waals surface area contributed by atoms with E-state index in [4.69, 9.17) is 5.26 Å². The van der Waals surface area contributed by atoms with Gasteiger partial charge < -0.3 is 20.2 Å². The zero-order valence-corrected chi connectivity index (χ0v) is 20.8. The van der Waals surface area contributed by atoms with E-state index in [1.165, 1.54) is 29.8 Å². The maximum absolute atomic E-state index is 13.3. The number of aliphatic hydroxyl groups excluding tert-OH is 1. The van der Waals surface area contributed by atoms with Gasteiger partial charge >= 0.3 is 0 Å². The molecular formula is C29H32F2N4O2. The van der Waals surface area contributed by atoms with Gasteiger partial charge in [0.25, 0.3) is 0 Å². The van der Waals surface area contributed by atoms with E-state index in [0.717, 1.165) is 57.1 Å². The van der Waals surface area contributed by atoms with Crippen LogP contribution in [0.2, 0.25) is 0 Å². The molecule has 3 heterocycles.